The van der Waals surface area contributed by atoms with E-state index in [1.54, 1.807) is 0 Å². The lowest BCUT2D eigenvalue weighted by Crippen LogP contribution is -2.56. The van der Waals surface area contributed by atoms with Gasteiger partial charge in [-0.2, -0.15) is 0 Å². The van der Waals surface area contributed by atoms with E-state index in [0.29, 0.717) is 6.04 Å². The van der Waals surface area contributed by atoms with Gasteiger partial charge in [-0.15, -0.1) is 11.8 Å². The van der Waals surface area contributed by atoms with Crippen LogP contribution < -0.4 is 5.32 Å². The molecule has 86 valence electrons. The van der Waals surface area contributed by atoms with Gasteiger partial charge in [0.25, 0.3) is 0 Å². The highest BCUT2D eigenvalue weighted by atomic mass is 16.5. The maximum atomic E-state index is 5.70. The molecule has 0 aliphatic heterocycles. The summed E-state index contributed by atoms with van der Waals surface area (Å²) in [6.45, 7) is 5.15. The fraction of sp³-hybridized carbons (Fsp3) is 0.846. The molecule has 1 aliphatic rings. The van der Waals surface area contributed by atoms with Crippen molar-refractivity contribution >= 4 is 0 Å². The number of nitrogens with one attached hydrogen (secondary N) is 1. The van der Waals surface area contributed by atoms with E-state index in [2.05, 4.69) is 24.1 Å². The molecule has 0 aromatic heterocycles. The lowest BCUT2D eigenvalue weighted by molar-refractivity contribution is -0.0970. The first-order chi connectivity index (χ1) is 7.29. The van der Waals surface area contributed by atoms with Crippen molar-refractivity contribution in [2.45, 2.75) is 57.6 Å². The average Bonchev–Trinajstić information content (AvgIpc) is 2.20. The summed E-state index contributed by atoms with van der Waals surface area (Å²) in [5.41, 5.74) is 0.0685. The van der Waals surface area contributed by atoms with E-state index < -0.39 is 0 Å². The zero-order valence-electron chi connectivity index (χ0n) is 10.2. The third-order valence-corrected chi connectivity index (χ3v) is 3.37. The molecule has 0 bridgehead atoms. The zero-order chi connectivity index (χ0) is 11.1. The van der Waals surface area contributed by atoms with E-state index >= 15 is 0 Å². The number of hydrogen-bond acceptors (Lipinski definition) is 2. The molecule has 1 fully saturated rings. The van der Waals surface area contributed by atoms with Gasteiger partial charge in [-0.3, -0.25) is 0 Å². The molecule has 0 aromatic carbocycles. The van der Waals surface area contributed by atoms with Gasteiger partial charge in [-0.25, -0.2) is 0 Å². The second-order valence-corrected chi connectivity index (χ2v) is 4.26. The van der Waals surface area contributed by atoms with Crippen LogP contribution in [0.2, 0.25) is 0 Å². The number of ether oxygens (including phenoxy) is 1. The Bertz CT molecular complexity index is 229. The van der Waals surface area contributed by atoms with Crippen LogP contribution in [0.5, 0.6) is 0 Å². The normalized spacial score (nSPS) is 19.9. The van der Waals surface area contributed by atoms with Crippen LogP contribution in [0.1, 0.15) is 46.0 Å². The van der Waals surface area contributed by atoms with Crippen molar-refractivity contribution in [2.24, 2.45) is 0 Å². The van der Waals surface area contributed by atoms with E-state index in [4.69, 9.17) is 4.74 Å². The van der Waals surface area contributed by atoms with Crippen molar-refractivity contribution in [2.75, 3.05) is 13.7 Å². The summed E-state index contributed by atoms with van der Waals surface area (Å²) in [4.78, 5) is 0. The summed E-state index contributed by atoms with van der Waals surface area (Å²) in [7, 11) is 1.83. The topological polar surface area (TPSA) is 21.3 Å². The fourth-order valence-corrected chi connectivity index (χ4v) is 2.19. The molecule has 15 heavy (non-hydrogen) atoms. The predicted molar refractivity (Wildman–Crippen MR) is 63.7 cm³/mol. The Morgan fingerprint density at radius 1 is 1.47 bits per heavy atom. The molecule has 0 amide bonds. The van der Waals surface area contributed by atoms with Gasteiger partial charge in [0.15, 0.2) is 0 Å². The second kappa shape index (κ2) is 6.15. The van der Waals surface area contributed by atoms with Crippen molar-refractivity contribution in [1.82, 2.24) is 5.32 Å². The molecule has 1 unspecified atom stereocenters. The van der Waals surface area contributed by atoms with Crippen LogP contribution in [0.4, 0.5) is 0 Å². The minimum atomic E-state index is 0.0685. The van der Waals surface area contributed by atoms with Gasteiger partial charge >= 0.3 is 0 Å². The van der Waals surface area contributed by atoms with Crippen LogP contribution in [-0.2, 0) is 4.74 Å². The maximum Gasteiger partial charge on any atom is 0.0840 e. The SMILES string of the molecule is CC#CCC(NCCC)C1(OC)CCC1. The summed E-state index contributed by atoms with van der Waals surface area (Å²) in [6, 6.07) is 0.406. The molecule has 2 heteroatoms. The summed E-state index contributed by atoms with van der Waals surface area (Å²) in [5.74, 6) is 6.15. The van der Waals surface area contributed by atoms with Crippen LogP contribution in [0, 0.1) is 11.8 Å². The molecule has 1 rings (SSSR count). The fourth-order valence-electron chi connectivity index (χ4n) is 2.19. The highest BCUT2D eigenvalue weighted by Gasteiger charge is 2.43. The molecule has 0 spiro atoms. The Morgan fingerprint density at radius 3 is 2.60 bits per heavy atom. The standard InChI is InChI=1S/C13H23NO/c1-4-6-8-12(14-11-5-2)13(15-3)9-7-10-13/h12,14H,5,7-11H2,1-3H3. The first-order valence-electron chi connectivity index (χ1n) is 5.97. The molecular weight excluding hydrogens is 186 g/mol. The van der Waals surface area contributed by atoms with E-state index in [1.165, 1.54) is 19.3 Å². The van der Waals surface area contributed by atoms with Crippen molar-refractivity contribution < 1.29 is 4.74 Å². The second-order valence-electron chi connectivity index (χ2n) is 4.26. The largest absolute Gasteiger partial charge is 0.377 e. The molecule has 2 nitrogen and oxygen atoms in total. The highest BCUT2D eigenvalue weighted by Crippen LogP contribution is 2.39. The van der Waals surface area contributed by atoms with Gasteiger partial charge < -0.3 is 10.1 Å². The molecular formula is C13H23NO. The average molecular weight is 209 g/mol. The smallest absolute Gasteiger partial charge is 0.0840 e. The molecule has 1 saturated carbocycles. The summed E-state index contributed by atoms with van der Waals surface area (Å²) in [6.07, 6.45) is 5.71. The highest BCUT2D eigenvalue weighted by molar-refractivity contribution is 5.07. The maximum absolute atomic E-state index is 5.70. The quantitative estimate of drug-likeness (QED) is 0.678. The Kier molecular flexibility index (Phi) is 5.14. The Balaban J connectivity index is 2.55. The lowest BCUT2D eigenvalue weighted by Gasteiger charge is -2.46. The van der Waals surface area contributed by atoms with E-state index in [9.17, 15) is 0 Å². The van der Waals surface area contributed by atoms with E-state index in [1.807, 2.05) is 14.0 Å². The number of hydrogen-bond donors (Lipinski definition) is 1. The first-order valence-corrected chi connectivity index (χ1v) is 5.97. The van der Waals surface area contributed by atoms with Gasteiger partial charge in [0, 0.05) is 19.6 Å². The van der Waals surface area contributed by atoms with Crippen molar-refractivity contribution in [3.8, 4) is 11.8 Å². The van der Waals surface area contributed by atoms with Gasteiger partial charge in [0.2, 0.25) is 0 Å². The Labute approximate surface area is 93.8 Å². The zero-order valence-corrected chi connectivity index (χ0v) is 10.2. The van der Waals surface area contributed by atoms with Crippen LogP contribution in [-0.4, -0.2) is 25.3 Å². The monoisotopic (exact) mass is 209 g/mol. The van der Waals surface area contributed by atoms with E-state index in [-0.39, 0.29) is 5.60 Å². The van der Waals surface area contributed by atoms with Crippen molar-refractivity contribution in [1.29, 1.82) is 0 Å². The van der Waals surface area contributed by atoms with Gasteiger partial charge in [-0.1, -0.05) is 6.92 Å². The molecule has 0 aromatic rings. The minimum Gasteiger partial charge on any atom is -0.377 e. The van der Waals surface area contributed by atoms with Gasteiger partial charge in [0.05, 0.1) is 5.60 Å². The van der Waals surface area contributed by atoms with Crippen LogP contribution in [0.15, 0.2) is 0 Å². The van der Waals surface area contributed by atoms with Gasteiger partial charge in [-0.05, 0) is 39.2 Å². The lowest BCUT2D eigenvalue weighted by atomic mass is 9.73. The minimum absolute atomic E-state index is 0.0685. The van der Waals surface area contributed by atoms with Crippen LogP contribution in [0.25, 0.3) is 0 Å². The van der Waals surface area contributed by atoms with Crippen LogP contribution in [0.3, 0.4) is 0 Å². The molecule has 1 N–H and O–H groups in total. The number of rotatable bonds is 6. The Morgan fingerprint density at radius 2 is 2.20 bits per heavy atom. The molecule has 0 radical (unpaired) electrons. The van der Waals surface area contributed by atoms with Crippen molar-refractivity contribution in [3.05, 3.63) is 0 Å². The first kappa shape index (κ1) is 12.5. The molecule has 0 saturated heterocycles. The predicted octanol–water partition coefficient (Wildman–Crippen LogP) is 2.34. The summed E-state index contributed by atoms with van der Waals surface area (Å²) < 4.78 is 5.70. The molecule has 1 atom stereocenters. The van der Waals surface area contributed by atoms with Crippen molar-refractivity contribution in [3.63, 3.8) is 0 Å². The third-order valence-electron chi connectivity index (χ3n) is 3.37. The summed E-state index contributed by atoms with van der Waals surface area (Å²) in [5, 5.41) is 3.57. The van der Waals surface area contributed by atoms with Gasteiger partial charge in [0.1, 0.15) is 0 Å². The number of methoxy groups -OCH3 is 1. The Hall–Kier alpha value is -0.520. The van der Waals surface area contributed by atoms with E-state index in [0.717, 1.165) is 19.4 Å². The van der Waals surface area contributed by atoms with Crippen LogP contribution >= 0.6 is 0 Å². The summed E-state index contributed by atoms with van der Waals surface area (Å²) >= 11 is 0. The molecule has 1 aliphatic carbocycles. The third kappa shape index (κ3) is 2.96. The molecule has 0 heterocycles.